The minimum absolute atomic E-state index is 0.0708. The van der Waals surface area contributed by atoms with Gasteiger partial charge < -0.3 is 39.0 Å². The molecule has 2 aromatic rings. The first-order valence-electron chi connectivity index (χ1n) is 19.0. The summed E-state index contributed by atoms with van der Waals surface area (Å²) in [5.74, 6) is -5.09. The Morgan fingerprint density at radius 3 is 2.50 bits per heavy atom. The molecule has 0 aromatic carbocycles. The van der Waals surface area contributed by atoms with Gasteiger partial charge in [0.25, 0.3) is 0 Å². The maximum atomic E-state index is 14.4. The molecule has 1 amide bonds. The number of carbonyl (C=O) groups is 4. The minimum Gasteiger partial charge on any atom is -0.458 e. The normalized spacial score (nSPS) is 38.6. The zero-order valence-electron chi connectivity index (χ0n) is 33.1. The predicted molar refractivity (Wildman–Crippen MR) is 204 cm³/mol. The van der Waals surface area contributed by atoms with Crippen molar-refractivity contribution in [3.63, 3.8) is 0 Å². The number of nitrogens with one attached hydrogen (secondary N) is 1. The van der Waals surface area contributed by atoms with E-state index in [1.807, 2.05) is 55.6 Å². The van der Waals surface area contributed by atoms with Crippen molar-refractivity contribution in [2.75, 3.05) is 20.7 Å². The van der Waals surface area contributed by atoms with Crippen LogP contribution in [0.15, 0.2) is 29.8 Å². The van der Waals surface area contributed by atoms with Gasteiger partial charge in [-0.05, 0) is 84.1 Å². The van der Waals surface area contributed by atoms with Crippen LogP contribution in [0.25, 0.3) is 16.3 Å². The molecule has 0 radical (unpaired) electrons. The smallest absolute Gasteiger partial charge is 0.408 e. The van der Waals surface area contributed by atoms with Gasteiger partial charge in [-0.15, -0.1) is 11.3 Å². The van der Waals surface area contributed by atoms with E-state index >= 15 is 0 Å². The van der Waals surface area contributed by atoms with Gasteiger partial charge in [-0.3, -0.25) is 19.4 Å². The molecule has 2 aromatic heterocycles. The number of fused-ring (bicyclic) bond motifs is 2. The molecule has 5 rings (SSSR count). The molecule has 3 fully saturated rings. The Bertz CT molecular complexity index is 1720. The summed E-state index contributed by atoms with van der Waals surface area (Å²) in [6, 6.07) is 2.88. The average molecular weight is 772 g/mol. The van der Waals surface area contributed by atoms with Crippen molar-refractivity contribution < 1.29 is 48.0 Å². The van der Waals surface area contributed by atoms with Gasteiger partial charge >= 0.3 is 12.1 Å². The molecule has 14 heteroatoms. The van der Waals surface area contributed by atoms with Gasteiger partial charge in [-0.2, -0.15) is 0 Å². The summed E-state index contributed by atoms with van der Waals surface area (Å²) in [6.07, 6.45) is 1.17. The number of likely N-dealkylation sites (N-methyl/N-ethyl adjacent to an activating group) is 1. The van der Waals surface area contributed by atoms with Crippen molar-refractivity contribution in [3.8, 4) is 0 Å². The third-order valence-electron chi connectivity index (χ3n) is 11.6. The molecular weight excluding hydrogens is 715 g/mol. The van der Waals surface area contributed by atoms with Crippen LogP contribution in [0, 0.1) is 23.7 Å². The summed E-state index contributed by atoms with van der Waals surface area (Å²) in [5.41, 5.74) is -0.930. The number of aliphatic hydroxyl groups excluding tert-OH is 1. The molecule has 5 heterocycles. The van der Waals surface area contributed by atoms with Crippen LogP contribution in [0.4, 0.5) is 4.79 Å². The number of alkyl carbamates (subject to hydrolysis) is 1. The second kappa shape index (κ2) is 16.8. The first-order chi connectivity index (χ1) is 25.4. The third kappa shape index (κ3) is 8.58. The lowest BCUT2D eigenvalue weighted by atomic mass is 9.73. The average Bonchev–Trinajstić information content (AvgIpc) is 3.73. The van der Waals surface area contributed by atoms with Crippen LogP contribution in [0.3, 0.4) is 0 Å². The lowest BCUT2D eigenvalue weighted by molar-refractivity contribution is -0.296. The fourth-order valence-corrected chi connectivity index (χ4v) is 9.29. The van der Waals surface area contributed by atoms with E-state index in [4.69, 9.17) is 23.7 Å². The highest BCUT2D eigenvalue weighted by Crippen LogP contribution is 2.40. The van der Waals surface area contributed by atoms with Crippen molar-refractivity contribution >= 4 is 51.3 Å². The lowest BCUT2D eigenvalue weighted by Gasteiger charge is -2.47. The molecule has 13 atom stereocenters. The zero-order valence-corrected chi connectivity index (χ0v) is 33.9. The summed E-state index contributed by atoms with van der Waals surface area (Å²) in [7, 11) is 3.74. The number of carbonyl (C=O) groups excluding carboxylic acids is 4. The van der Waals surface area contributed by atoms with Gasteiger partial charge in [0, 0.05) is 30.0 Å². The summed E-state index contributed by atoms with van der Waals surface area (Å²) in [4.78, 5) is 61.7. The van der Waals surface area contributed by atoms with Gasteiger partial charge in [-0.1, -0.05) is 39.8 Å². The maximum Gasteiger partial charge on any atom is 0.408 e. The Labute approximate surface area is 322 Å². The van der Waals surface area contributed by atoms with Crippen LogP contribution in [-0.2, 0) is 38.1 Å². The van der Waals surface area contributed by atoms with Crippen molar-refractivity contribution in [2.45, 2.75) is 129 Å². The number of cyclic esters (lactones) is 1. The van der Waals surface area contributed by atoms with Crippen LogP contribution in [-0.4, -0.2) is 113 Å². The van der Waals surface area contributed by atoms with Gasteiger partial charge in [0.2, 0.25) is 0 Å². The van der Waals surface area contributed by atoms with Gasteiger partial charge in [0.05, 0.1) is 40.7 Å². The number of rotatable bonds is 8. The number of pyridine rings is 1. The highest BCUT2D eigenvalue weighted by Gasteiger charge is 2.57. The molecule has 3 aliphatic rings. The zero-order chi connectivity index (χ0) is 39.7. The molecule has 13 nitrogen and oxygen atoms in total. The Hall–Kier alpha value is -3.27. The standard InChI is InChI=1S/C40H57N3O10S/c1-11-30-40(8)34(42-38(48)53-40)23(4)31(44)21(2)19-39(7,49-15-12-13-26-18-29-27(41-20-26)14-16-54-29)35(24(5)32(45)25(6)36(47)51-30)52-37-33(46)28(43(9)10)17-22(3)50-37/h12-14,16,18,20-25,28,30,33-35,37,46H,11,15,17,19H2,1-10H3,(H,42,48)/b13-12+/t21-,22-,23+,24+,25-,28+,30-,33-,34-,35-,37+,39-,40-/m1/s1. The fraction of sp³-hybridized carbons (Fsp3) is 0.675. The number of ketones is 2. The van der Waals surface area contributed by atoms with Crippen molar-refractivity contribution in [2.24, 2.45) is 23.7 Å². The summed E-state index contributed by atoms with van der Waals surface area (Å²) in [6.45, 7) is 13.9. The number of thiophene rings is 1. The van der Waals surface area contributed by atoms with Crippen LogP contribution < -0.4 is 5.32 Å². The first-order valence-corrected chi connectivity index (χ1v) is 19.8. The second-order valence-corrected chi connectivity index (χ2v) is 16.9. The number of nitrogens with zero attached hydrogens (tertiary/aromatic N) is 2. The van der Waals surface area contributed by atoms with Gasteiger partial charge in [-0.25, -0.2) is 4.79 Å². The maximum absolute atomic E-state index is 14.4. The Morgan fingerprint density at radius 1 is 1.09 bits per heavy atom. The predicted octanol–water partition coefficient (Wildman–Crippen LogP) is 5.17. The number of ether oxygens (including phenoxy) is 5. The molecule has 0 spiro atoms. The summed E-state index contributed by atoms with van der Waals surface area (Å²) in [5, 5.41) is 16.3. The largest absolute Gasteiger partial charge is 0.458 e. The SMILES string of the molecule is CC[C@H]1OC(=O)[C@H](C)C(=O)[C@H](C)[C@@H](O[C@@H]2O[C@H](C)C[C@H](N(C)C)[C@H]2O)[C@](C)(OC/C=C/c2cnc3ccsc3c2)C[C@@H](C)C(=O)[C@H](C)[C@H]2NC(=O)O[C@@]21C. The van der Waals surface area contributed by atoms with Gasteiger partial charge in [0.1, 0.15) is 23.9 Å². The molecule has 3 aliphatic heterocycles. The summed E-state index contributed by atoms with van der Waals surface area (Å²) >= 11 is 1.60. The molecule has 2 N–H and O–H groups in total. The topological polar surface area (TPSA) is 163 Å². The quantitative estimate of drug-likeness (QED) is 0.268. The molecule has 0 saturated carbocycles. The molecule has 298 valence electrons. The van der Waals surface area contributed by atoms with E-state index in [0.717, 1.165) is 15.8 Å². The van der Waals surface area contributed by atoms with Crippen LogP contribution in [0.1, 0.15) is 80.2 Å². The van der Waals surface area contributed by atoms with E-state index in [2.05, 4.69) is 10.3 Å². The molecule has 3 saturated heterocycles. The monoisotopic (exact) mass is 771 g/mol. The Morgan fingerprint density at radius 2 is 1.81 bits per heavy atom. The molecule has 0 aliphatic carbocycles. The molecule has 0 bridgehead atoms. The van der Waals surface area contributed by atoms with Crippen molar-refractivity contribution in [1.82, 2.24) is 15.2 Å². The minimum atomic E-state index is -1.37. The summed E-state index contributed by atoms with van der Waals surface area (Å²) < 4.78 is 32.4. The Kier molecular flexibility index (Phi) is 13.1. The number of hydrogen-bond acceptors (Lipinski definition) is 13. The number of aromatic nitrogens is 1. The van der Waals surface area contributed by atoms with E-state index in [9.17, 15) is 24.3 Å². The third-order valence-corrected chi connectivity index (χ3v) is 12.5. The van der Waals surface area contributed by atoms with Crippen molar-refractivity contribution in [3.05, 3.63) is 35.3 Å². The number of Topliss-reactive ketones (excluding diaryl/α,β-unsaturated/α-hetero) is 2. The number of esters is 1. The molecular formula is C40H57N3O10S. The molecule has 0 unspecified atom stereocenters. The fourth-order valence-electron chi connectivity index (χ4n) is 8.50. The van der Waals surface area contributed by atoms with Crippen molar-refractivity contribution in [1.29, 1.82) is 0 Å². The Balaban J connectivity index is 1.56. The van der Waals surface area contributed by atoms with E-state index in [1.54, 1.807) is 59.1 Å². The number of hydrogen-bond donors (Lipinski definition) is 2. The van der Waals surface area contributed by atoms with Crippen LogP contribution >= 0.6 is 11.3 Å². The van der Waals surface area contributed by atoms with Gasteiger partial charge in [0.15, 0.2) is 17.7 Å². The molecule has 54 heavy (non-hydrogen) atoms. The van der Waals surface area contributed by atoms with E-state index in [-0.39, 0.29) is 37.4 Å². The number of amides is 1. The second-order valence-electron chi connectivity index (χ2n) is 16.0. The highest BCUT2D eigenvalue weighted by atomic mass is 32.1. The van der Waals surface area contributed by atoms with E-state index in [1.165, 1.54) is 6.92 Å². The van der Waals surface area contributed by atoms with Crippen LogP contribution in [0.5, 0.6) is 0 Å². The first kappa shape index (κ1) is 41.9. The van der Waals surface area contributed by atoms with E-state index < -0.39 is 83.4 Å². The number of aliphatic hydroxyl groups is 1. The highest BCUT2D eigenvalue weighted by molar-refractivity contribution is 7.17. The lowest BCUT2D eigenvalue weighted by Crippen LogP contribution is -2.60. The van der Waals surface area contributed by atoms with E-state index in [0.29, 0.717) is 6.42 Å². The van der Waals surface area contributed by atoms with Crippen LogP contribution in [0.2, 0.25) is 0 Å².